The molecule has 4 heteroatoms. The van der Waals surface area contributed by atoms with Gasteiger partial charge in [0.25, 0.3) is 5.91 Å². The summed E-state index contributed by atoms with van der Waals surface area (Å²) in [6, 6.07) is 3.22. The van der Waals surface area contributed by atoms with Crippen molar-refractivity contribution in [2.75, 3.05) is 12.3 Å². The highest BCUT2D eigenvalue weighted by Crippen LogP contribution is 2.25. The molecule has 1 aromatic rings. The molecule has 0 radical (unpaired) electrons. The first-order chi connectivity index (χ1) is 8.54. The zero-order valence-corrected chi connectivity index (χ0v) is 10.9. The lowest BCUT2D eigenvalue weighted by molar-refractivity contribution is 0.0729. The summed E-state index contributed by atoms with van der Waals surface area (Å²) in [5.41, 5.74) is 6.66. The van der Waals surface area contributed by atoms with Crippen LogP contribution in [0.25, 0.3) is 0 Å². The predicted octanol–water partition coefficient (Wildman–Crippen LogP) is 2.73. The lowest BCUT2D eigenvalue weighted by Crippen LogP contribution is -2.35. The van der Waals surface area contributed by atoms with Gasteiger partial charge in [0.2, 0.25) is 0 Å². The Hall–Kier alpha value is -1.58. The van der Waals surface area contributed by atoms with Gasteiger partial charge in [-0.3, -0.25) is 4.79 Å². The highest BCUT2D eigenvalue weighted by atomic mass is 19.1. The zero-order chi connectivity index (χ0) is 13.3. The van der Waals surface area contributed by atoms with Crippen molar-refractivity contribution in [2.24, 2.45) is 0 Å². The quantitative estimate of drug-likeness (QED) is 0.820. The van der Waals surface area contributed by atoms with E-state index in [1.165, 1.54) is 6.07 Å². The second-order valence-corrected chi connectivity index (χ2v) is 4.90. The van der Waals surface area contributed by atoms with Gasteiger partial charge in [-0.1, -0.05) is 6.92 Å². The van der Waals surface area contributed by atoms with Crippen LogP contribution in [-0.2, 0) is 0 Å². The lowest BCUT2D eigenvalue weighted by atomic mass is 10.1. The molecule has 3 nitrogen and oxygen atoms in total. The summed E-state index contributed by atoms with van der Waals surface area (Å²) in [7, 11) is 0. The molecule has 0 saturated carbocycles. The van der Waals surface area contributed by atoms with Gasteiger partial charge >= 0.3 is 0 Å². The van der Waals surface area contributed by atoms with Crippen LogP contribution in [-0.4, -0.2) is 23.4 Å². The van der Waals surface area contributed by atoms with Crippen molar-refractivity contribution in [1.29, 1.82) is 0 Å². The normalized spacial score (nSPS) is 19.3. The number of nitrogens with zero attached hydrogens (tertiary/aromatic N) is 1. The predicted molar refractivity (Wildman–Crippen MR) is 69.9 cm³/mol. The van der Waals surface area contributed by atoms with Crippen molar-refractivity contribution in [1.82, 2.24) is 4.90 Å². The number of rotatable bonds is 2. The smallest absolute Gasteiger partial charge is 0.257 e. The lowest BCUT2D eigenvalue weighted by Gasteiger charge is -2.24. The number of anilines is 1. The van der Waals surface area contributed by atoms with E-state index in [4.69, 9.17) is 5.73 Å². The SMILES string of the molecule is CCC1CCCN1C(=O)c1cc(N)cc(C)c1F. The highest BCUT2D eigenvalue weighted by Gasteiger charge is 2.29. The van der Waals surface area contributed by atoms with Crippen LogP contribution in [0.15, 0.2) is 12.1 Å². The monoisotopic (exact) mass is 250 g/mol. The van der Waals surface area contributed by atoms with E-state index in [9.17, 15) is 9.18 Å². The maximum atomic E-state index is 14.0. The fourth-order valence-corrected chi connectivity index (χ4v) is 2.64. The number of carbonyl (C=O) groups excluding carboxylic acids is 1. The van der Waals surface area contributed by atoms with Crippen LogP contribution in [0.5, 0.6) is 0 Å². The molecule has 1 saturated heterocycles. The standard InChI is InChI=1S/C14H19FN2O/c1-3-11-5-4-6-17(11)14(18)12-8-10(16)7-9(2)13(12)15/h7-8,11H,3-6,16H2,1-2H3. The number of amides is 1. The van der Waals surface area contributed by atoms with E-state index >= 15 is 0 Å². The third-order valence-corrected chi connectivity index (χ3v) is 3.62. The van der Waals surface area contributed by atoms with Crippen LogP contribution < -0.4 is 5.73 Å². The summed E-state index contributed by atoms with van der Waals surface area (Å²) in [6.07, 6.45) is 2.91. The number of carbonyl (C=O) groups is 1. The molecular formula is C14H19FN2O. The third-order valence-electron chi connectivity index (χ3n) is 3.62. The van der Waals surface area contributed by atoms with Gasteiger partial charge < -0.3 is 10.6 Å². The largest absolute Gasteiger partial charge is 0.399 e. The van der Waals surface area contributed by atoms with Crippen LogP contribution in [0.4, 0.5) is 10.1 Å². The van der Waals surface area contributed by atoms with Gasteiger partial charge in [0.1, 0.15) is 5.82 Å². The first kappa shape index (κ1) is 12.9. The molecular weight excluding hydrogens is 231 g/mol. The van der Waals surface area contributed by atoms with E-state index in [-0.39, 0.29) is 17.5 Å². The van der Waals surface area contributed by atoms with Crippen molar-refractivity contribution >= 4 is 11.6 Å². The van der Waals surface area contributed by atoms with Gasteiger partial charge in [-0.15, -0.1) is 0 Å². The third kappa shape index (κ3) is 2.19. The molecule has 2 rings (SSSR count). The number of hydrogen-bond donors (Lipinski definition) is 1. The van der Waals surface area contributed by atoms with Gasteiger partial charge in [0.05, 0.1) is 5.56 Å². The molecule has 0 spiro atoms. The van der Waals surface area contributed by atoms with Gasteiger partial charge in [0, 0.05) is 18.3 Å². The number of nitrogen functional groups attached to an aromatic ring is 1. The fourth-order valence-electron chi connectivity index (χ4n) is 2.64. The summed E-state index contributed by atoms with van der Waals surface area (Å²) < 4.78 is 14.0. The van der Waals surface area contributed by atoms with Gasteiger partial charge in [-0.05, 0) is 43.9 Å². The minimum absolute atomic E-state index is 0.104. The Morgan fingerprint density at radius 3 is 2.94 bits per heavy atom. The van der Waals surface area contributed by atoms with Gasteiger partial charge in [-0.25, -0.2) is 4.39 Å². The molecule has 0 bridgehead atoms. The maximum Gasteiger partial charge on any atom is 0.257 e. The van der Waals surface area contributed by atoms with E-state index in [1.807, 2.05) is 0 Å². The molecule has 1 fully saturated rings. The maximum absolute atomic E-state index is 14.0. The van der Waals surface area contributed by atoms with E-state index < -0.39 is 5.82 Å². The molecule has 0 aliphatic carbocycles. The highest BCUT2D eigenvalue weighted by molar-refractivity contribution is 5.96. The van der Waals surface area contributed by atoms with Crippen LogP contribution >= 0.6 is 0 Å². The Morgan fingerprint density at radius 1 is 1.56 bits per heavy atom. The Labute approximate surface area is 107 Å². The number of aryl methyl sites for hydroxylation is 1. The van der Waals surface area contributed by atoms with Crippen molar-refractivity contribution in [3.05, 3.63) is 29.1 Å². The molecule has 1 aliphatic rings. The Morgan fingerprint density at radius 2 is 2.28 bits per heavy atom. The molecule has 18 heavy (non-hydrogen) atoms. The molecule has 0 aromatic heterocycles. The summed E-state index contributed by atoms with van der Waals surface area (Å²) in [6.45, 7) is 4.39. The number of likely N-dealkylation sites (tertiary alicyclic amines) is 1. The van der Waals surface area contributed by atoms with Crippen LogP contribution in [0.2, 0.25) is 0 Å². The molecule has 1 atom stereocenters. The Kier molecular flexibility index (Phi) is 3.55. The summed E-state index contributed by atoms with van der Waals surface area (Å²) in [5, 5.41) is 0. The first-order valence-corrected chi connectivity index (χ1v) is 6.41. The molecule has 1 aliphatic heterocycles. The first-order valence-electron chi connectivity index (χ1n) is 6.41. The topological polar surface area (TPSA) is 46.3 Å². The molecule has 98 valence electrons. The van der Waals surface area contributed by atoms with Crippen molar-refractivity contribution in [3.8, 4) is 0 Å². The average molecular weight is 250 g/mol. The molecule has 1 aromatic carbocycles. The number of nitrogens with two attached hydrogens (primary N) is 1. The minimum atomic E-state index is -0.448. The summed E-state index contributed by atoms with van der Waals surface area (Å²) >= 11 is 0. The number of hydrogen-bond acceptors (Lipinski definition) is 2. The molecule has 1 heterocycles. The molecule has 1 unspecified atom stereocenters. The summed E-state index contributed by atoms with van der Waals surface area (Å²) in [5.74, 6) is -0.678. The van der Waals surface area contributed by atoms with Crippen molar-refractivity contribution < 1.29 is 9.18 Å². The van der Waals surface area contributed by atoms with E-state index in [0.717, 1.165) is 19.3 Å². The minimum Gasteiger partial charge on any atom is -0.399 e. The Bertz CT molecular complexity index is 473. The zero-order valence-electron chi connectivity index (χ0n) is 10.9. The van der Waals surface area contributed by atoms with E-state index in [2.05, 4.69) is 6.92 Å². The molecule has 1 amide bonds. The second-order valence-electron chi connectivity index (χ2n) is 4.90. The number of halogens is 1. The fraction of sp³-hybridized carbons (Fsp3) is 0.500. The van der Waals surface area contributed by atoms with Gasteiger partial charge in [-0.2, -0.15) is 0 Å². The second kappa shape index (κ2) is 4.96. The summed E-state index contributed by atoms with van der Waals surface area (Å²) in [4.78, 5) is 14.1. The van der Waals surface area contributed by atoms with Crippen molar-refractivity contribution in [2.45, 2.75) is 39.2 Å². The van der Waals surface area contributed by atoms with Crippen molar-refractivity contribution in [3.63, 3.8) is 0 Å². The van der Waals surface area contributed by atoms with E-state index in [0.29, 0.717) is 17.8 Å². The van der Waals surface area contributed by atoms with Gasteiger partial charge in [0.15, 0.2) is 0 Å². The van der Waals surface area contributed by atoms with Crippen LogP contribution in [0.3, 0.4) is 0 Å². The average Bonchev–Trinajstić information content (AvgIpc) is 2.81. The van der Waals surface area contributed by atoms with Crippen LogP contribution in [0.1, 0.15) is 42.1 Å². The molecule has 2 N–H and O–H groups in total. The Balaban J connectivity index is 2.34. The van der Waals surface area contributed by atoms with E-state index in [1.54, 1.807) is 17.9 Å². The number of benzene rings is 1. The van der Waals surface area contributed by atoms with Crippen LogP contribution in [0, 0.1) is 12.7 Å².